The number of aryl methyl sites for hydroxylation is 1. The lowest BCUT2D eigenvalue weighted by molar-refractivity contribution is -0.133. The molecule has 1 amide bonds. The Kier molecular flexibility index (Phi) is 8.22. The van der Waals surface area contributed by atoms with Gasteiger partial charge in [-0.05, 0) is 12.3 Å². The molecule has 8 heteroatoms. The summed E-state index contributed by atoms with van der Waals surface area (Å²) in [7, 11) is 0. The molecule has 132 valence electrons. The number of carbonyl (C=O) groups is 1. The molecule has 0 spiro atoms. The predicted molar refractivity (Wildman–Crippen MR) is 97.4 cm³/mol. The first-order valence-corrected chi connectivity index (χ1v) is 8.96. The van der Waals surface area contributed by atoms with Crippen LogP contribution in [-0.4, -0.2) is 52.4 Å². The molecule has 0 aliphatic carbocycles. The van der Waals surface area contributed by atoms with Gasteiger partial charge in [-0.15, -0.1) is 12.4 Å². The van der Waals surface area contributed by atoms with Crippen molar-refractivity contribution in [2.45, 2.75) is 46.1 Å². The van der Waals surface area contributed by atoms with Gasteiger partial charge in [-0.3, -0.25) is 4.79 Å². The third-order valence-corrected chi connectivity index (χ3v) is 5.21. The minimum absolute atomic E-state index is 0. The number of nitrogens with two attached hydrogens (primary N) is 1. The van der Waals surface area contributed by atoms with Gasteiger partial charge in [-0.1, -0.05) is 27.2 Å². The SMILES string of the molecule is CCc1nsc(N2CCCN(C(=O)C(N)C(C)CC)CC2)n1.Cl. The second-order valence-electron chi connectivity index (χ2n) is 5.92. The number of carbonyl (C=O) groups excluding carboxylic acids is 1. The summed E-state index contributed by atoms with van der Waals surface area (Å²) in [6.07, 6.45) is 2.73. The Morgan fingerprint density at radius 3 is 2.65 bits per heavy atom. The van der Waals surface area contributed by atoms with Crippen LogP contribution in [0.2, 0.25) is 0 Å². The lowest BCUT2D eigenvalue weighted by Crippen LogP contribution is -2.48. The Labute approximate surface area is 149 Å². The standard InChI is InChI=1S/C15H27N5OS.ClH/c1-4-11(3)13(16)14(21)19-7-6-8-20(10-9-19)15-17-12(5-2)18-22-15;/h11,13H,4-10,16H2,1-3H3;1H. The van der Waals surface area contributed by atoms with Crippen LogP contribution in [0.3, 0.4) is 0 Å². The Hall–Kier alpha value is -0.920. The molecule has 0 radical (unpaired) electrons. The van der Waals surface area contributed by atoms with Crippen molar-refractivity contribution in [2.75, 3.05) is 31.1 Å². The molecule has 2 N–H and O–H groups in total. The summed E-state index contributed by atoms with van der Waals surface area (Å²) in [5, 5.41) is 0.970. The van der Waals surface area contributed by atoms with E-state index in [4.69, 9.17) is 5.73 Å². The number of halogens is 1. The monoisotopic (exact) mass is 361 g/mol. The fraction of sp³-hybridized carbons (Fsp3) is 0.800. The number of nitrogens with zero attached hydrogens (tertiary/aromatic N) is 4. The Morgan fingerprint density at radius 2 is 2.04 bits per heavy atom. The molecule has 1 aliphatic heterocycles. The Morgan fingerprint density at radius 1 is 1.30 bits per heavy atom. The van der Waals surface area contributed by atoms with E-state index in [0.717, 1.165) is 49.9 Å². The summed E-state index contributed by atoms with van der Waals surface area (Å²) in [6, 6.07) is -0.384. The van der Waals surface area contributed by atoms with Gasteiger partial charge in [0.25, 0.3) is 0 Å². The van der Waals surface area contributed by atoms with Gasteiger partial charge in [-0.25, -0.2) is 4.98 Å². The van der Waals surface area contributed by atoms with Crippen LogP contribution in [0.4, 0.5) is 5.13 Å². The van der Waals surface area contributed by atoms with Crippen molar-refractivity contribution in [3.63, 3.8) is 0 Å². The maximum Gasteiger partial charge on any atom is 0.239 e. The second-order valence-corrected chi connectivity index (χ2v) is 6.65. The van der Waals surface area contributed by atoms with Crippen LogP contribution >= 0.6 is 23.9 Å². The van der Waals surface area contributed by atoms with Crippen LogP contribution in [0, 0.1) is 5.92 Å². The van der Waals surface area contributed by atoms with Gasteiger partial charge in [0, 0.05) is 44.1 Å². The van der Waals surface area contributed by atoms with Crippen molar-refractivity contribution in [3.05, 3.63) is 5.82 Å². The first kappa shape index (κ1) is 20.1. The average Bonchev–Trinajstić information content (AvgIpc) is 2.89. The van der Waals surface area contributed by atoms with E-state index in [1.807, 2.05) is 11.8 Å². The number of hydrogen-bond acceptors (Lipinski definition) is 6. The van der Waals surface area contributed by atoms with Gasteiger partial charge < -0.3 is 15.5 Å². The van der Waals surface area contributed by atoms with Crippen molar-refractivity contribution < 1.29 is 4.79 Å². The summed E-state index contributed by atoms with van der Waals surface area (Å²) in [4.78, 5) is 21.2. The topological polar surface area (TPSA) is 75.4 Å². The number of rotatable bonds is 5. The Balaban J connectivity index is 0.00000264. The smallest absolute Gasteiger partial charge is 0.239 e. The maximum atomic E-state index is 12.5. The van der Waals surface area contributed by atoms with Crippen molar-refractivity contribution in [2.24, 2.45) is 11.7 Å². The molecule has 0 saturated carbocycles. The molecule has 1 fully saturated rings. The lowest BCUT2D eigenvalue weighted by atomic mass is 9.99. The summed E-state index contributed by atoms with van der Waals surface area (Å²) < 4.78 is 4.35. The molecule has 1 aromatic rings. The van der Waals surface area contributed by atoms with Gasteiger partial charge in [0.2, 0.25) is 11.0 Å². The molecule has 23 heavy (non-hydrogen) atoms. The lowest BCUT2D eigenvalue weighted by Gasteiger charge is -2.27. The van der Waals surface area contributed by atoms with Crippen LogP contribution in [0.1, 0.15) is 39.4 Å². The first-order chi connectivity index (χ1) is 10.6. The average molecular weight is 362 g/mol. The molecule has 2 heterocycles. The number of hydrogen-bond donors (Lipinski definition) is 1. The molecule has 0 bridgehead atoms. The van der Waals surface area contributed by atoms with E-state index in [9.17, 15) is 4.79 Å². The Bertz CT molecular complexity index is 498. The zero-order valence-electron chi connectivity index (χ0n) is 14.2. The van der Waals surface area contributed by atoms with Crippen LogP contribution in [0.5, 0.6) is 0 Å². The summed E-state index contributed by atoms with van der Waals surface area (Å²) in [6.45, 7) is 9.38. The third kappa shape index (κ3) is 5.02. The van der Waals surface area contributed by atoms with Crippen molar-refractivity contribution >= 4 is 35.0 Å². The highest BCUT2D eigenvalue weighted by molar-refractivity contribution is 7.09. The molecule has 6 nitrogen and oxygen atoms in total. The maximum absolute atomic E-state index is 12.5. The summed E-state index contributed by atoms with van der Waals surface area (Å²) in [5.41, 5.74) is 6.10. The van der Waals surface area contributed by atoms with Gasteiger partial charge in [-0.2, -0.15) is 4.37 Å². The third-order valence-electron chi connectivity index (χ3n) is 4.39. The van der Waals surface area contributed by atoms with E-state index in [1.165, 1.54) is 11.5 Å². The minimum Gasteiger partial charge on any atom is -0.345 e. The zero-order valence-corrected chi connectivity index (χ0v) is 15.8. The van der Waals surface area contributed by atoms with E-state index >= 15 is 0 Å². The normalized spacial score (nSPS) is 18.1. The molecule has 0 aromatic carbocycles. The molecule has 2 atom stereocenters. The largest absolute Gasteiger partial charge is 0.345 e. The van der Waals surface area contributed by atoms with Gasteiger partial charge >= 0.3 is 0 Å². The van der Waals surface area contributed by atoms with Crippen molar-refractivity contribution in [1.82, 2.24) is 14.3 Å². The zero-order chi connectivity index (χ0) is 16.1. The fourth-order valence-electron chi connectivity index (χ4n) is 2.55. The predicted octanol–water partition coefficient (Wildman–Crippen LogP) is 1.93. The number of aromatic nitrogens is 2. The summed E-state index contributed by atoms with van der Waals surface area (Å²) in [5.74, 6) is 1.21. The highest BCUT2D eigenvalue weighted by atomic mass is 35.5. The number of anilines is 1. The van der Waals surface area contributed by atoms with Crippen molar-refractivity contribution in [3.8, 4) is 0 Å². The second kappa shape index (κ2) is 9.39. The molecular weight excluding hydrogens is 334 g/mol. The van der Waals surface area contributed by atoms with Crippen molar-refractivity contribution in [1.29, 1.82) is 0 Å². The van der Waals surface area contributed by atoms with Crippen LogP contribution < -0.4 is 10.6 Å². The van der Waals surface area contributed by atoms with Gasteiger partial charge in [0.05, 0.1) is 6.04 Å². The summed E-state index contributed by atoms with van der Waals surface area (Å²) >= 11 is 1.45. The van der Waals surface area contributed by atoms with Crippen LogP contribution in [0.25, 0.3) is 0 Å². The fourth-order valence-corrected chi connectivity index (χ4v) is 3.36. The van der Waals surface area contributed by atoms with E-state index in [1.54, 1.807) is 0 Å². The van der Waals surface area contributed by atoms with Gasteiger partial charge in [0.15, 0.2) is 0 Å². The highest BCUT2D eigenvalue weighted by Crippen LogP contribution is 2.20. The molecule has 1 aromatic heterocycles. The van der Waals surface area contributed by atoms with E-state index < -0.39 is 0 Å². The first-order valence-electron chi connectivity index (χ1n) is 8.18. The quantitative estimate of drug-likeness (QED) is 0.867. The van der Waals surface area contributed by atoms with Gasteiger partial charge in [0.1, 0.15) is 5.82 Å². The van der Waals surface area contributed by atoms with E-state index in [0.29, 0.717) is 6.54 Å². The molecule has 1 aliphatic rings. The number of amides is 1. The van der Waals surface area contributed by atoms with E-state index in [-0.39, 0.29) is 30.3 Å². The highest BCUT2D eigenvalue weighted by Gasteiger charge is 2.27. The van der Waals surface area contributed by atoms with E-state index in [2.05, 4.69) is 28.1 Å². The molecule has 2 unspecified atom stereocenters. The van der Waals surface area contributed by atoms with Crippen LogP contribution in [-0.2, 0) is 11.2 Å². The van der Waals surface area contributed by atoms with Crippen LogP contribution in [0.15, 0.2) is 0 Å². The molecular formula is C15H28ClN5OS. The minimum atomic E-state index is -0.384. The molecule has 2 rings (SSSR count). The molecule has 1 saturated heterocycles.